The fraction of sp³-hybridized carbons (Fsp3) is 0.750. The van der Waals surface area contributed by atoms with Crippen LogP contribution in [0.5, 0.6) is 0 Å². The first kappa shape index (κ1) is 16.8. The van der Waals surface area contributed by atoms with Crippen molar-refractivity contribution in [3.05, 3.63) is 17.5 Å². The number of carbonyl (C=O) groups excluding carboxylic acids is 1. The number of rotatable bonds is 4. The molecule has 22 heavy (non-hydrogen) atoms. The van der Waals surface area contributed by atoms with Crippen molar-refractivity contribution in [2.75, 3.05) is 13.1 Å². The van der Waals surface area contributed by atoms with Crippen LogP contribution in [0.3, 0.4) is 0 Å². The Morgan fingerprint density at radius 3 is 2.91 bits per heavy atom. The lowest BCUT2D eigenvalue weighted by Crippen LogP contribution is -2.50. The molecule has 6 heteroatoms. The standard InChI is InChI=1S/C16H27N3O3/c1-12-9-13(18-22-12)10-17-11-14-7-5-6-8-19(14)15(20)21-16(2,3)4/h9,14,17H,5-8,10-11H2,1-4H3. The average Bonchev–Trinajstić information content (AvgIpc) is 2.83. The van der Waals surface area contributed by atoms with Gasteiger partial charge in [-0.15, -0.1) is 0 Å². The number of hydrogen-bond acceptors (Lipinski definition) is 5. The molecule has 1 N–H and O–H groups in total. The zero-order valence-electron chi connectivity index (χ0n) is 14.0. The van der Waals surface area contributed by atoms with E-state index in [2.05, 4.69) is 10.5 Å². The quantitative estimate of drug-likeness (QED) is 0.926. The van der Waals surface area contributed by atoms with Crippen molar-refractivity contribution in [1.82, 2.24) is 15.4 Å². The van der Waals surface area contributed by atoms with Crippen molar-refractivity contribution in [2.24, 2.45) is 0 Å². The average molecular weight is 309 g/mol. The maximum atomic E-state index is 12.3. The largest absolute Gasteiger partial charge is 0.444 e. The topological polar surface area (TPSA) is 67.6 Å². The second-order valence-electron chi connectivity index (χ2n) is 6.88. The Labute approximate surface area is 132 Å². The van der Waals surface area contributed by atoms with Crippen molar-refractivity contribution in [1.29, 1.82) is 0 Å². The lowest BCUT2D eigenvalue weighted by Gasteiger charge is -2.36. The molecule has 0 aromatic carbocycles. The first-order valence-electron chi connectivity index (χ1n) is 7.98. The number of aryl methyl sites for hydroxylation is 1. The molecule has 1 aliphatic rings. The molecule has 2 heterocycles. The van der Waals surface area contributed by atoms with Gasteiger partial charge in [-0.1, -0.05) is 5.16 Å². The number of nitrogens with one attached hydrogen (secondary N) is 1. The van der Waals surface area contributed by atoms with Crippen molar-refractivity contribution in [3.63, 3.8) is 0 Å². The van der Waals surface area contributed by atoms with Crippen LogP contribution in [0, 0.1) is 6.92 Å². The first-order valence-corrected chi connectivity index (χ1v) is 7.98. The van der Waals surface area contributed by atoms with Gasteiger partial charge in [0.2, 0.25) is 0 Å². The fourth-order valence-electron chi connectivity index (χ4n) is 2.64. The van der Waals surface area contributed by atoms with Crippen molar-refractivity contribution >= 4 is 6.09 Å². The number of likely N-dealkylation sites (tertiary alicyclic amines) is 1. The summed E-state index contributed by atoms with van der Waals surface area (Å²) in [4.78, 5) is 14.2. The fourth-order valence-corrected chi connectivity index (χ4v) is 2.64. The van der Waals surface area contributed by atoms with Crippen LogP contribution in [0.15, 0.2) is 10.6 Å². The molecule has 0 bridgehead atoms. The molecule has 6 nitrogen and oxygen atoms in total. The van der Waals surface area contributed by atoms with Crippen LogP contribution < -0.4 is 5.32 Å². The lowest BCUT2D eigenvalue weighted by atomic mass is 10.0. The van der Waals surface area contributed by atoms with Gasteiger partial charge in [0.05, 0.1) is 5.69 Å². The molecule has 1 saturated heterocycles. The highest BCUT2D eigenvalue weighted by Gasteiger charge is 2.30. The Kier molecular flexibility index (Phi) is 5.45. The van der Waals surface area contributed by atoms with Gasteiger partial charge in [0.25, 0.3) is 0 Å². The van der Waals surface area contributed by atoms with Crippen LogP contribution in [-0.2, 0) is 11.3 Å². The van der Waals surface area contributed by atoms with E-state index in [1.165, 1.54) is 0 Å². The SMILES string of the molecule is Cc1cc(CNCC2CCCCN2C(=O)OC(C)(C)C)no1. The summed E-state index contributed by atoms with van der Waals surface area (Å²) in [6.07, 6.45) is 2.98. The van der Waals surface area contributed by atoms with Gasteiger partial charge >= 0.3 is 6.09 Å². The molecule has 1 aromatic heterocycles. The molecular weight excluding hydrogens is 282 g/mol. The van der Waals surface area contributed by atoms with E-state index in [0.29, 0.717) is 6.54 Å². The van der Waals surface area contributed by atoms with Gasteiger partial charge in [-0.25, -0.2) is 4.79 Å². The van der Waals surface area contributed by atoms with Gasteiger partial charge in [-0.2, -0.15) is 0 Å². The van der Waals surface area contributed by atoms with Gasteiger partial charge in [-0.3, -0.25) is 0 Å². The van der Waals surface area contributed by atoms with E-state index >= 15 is 0 Å². The molecule has 1 fully saturated rings. The Hall–Kier alpha value is -1.56. The minimum atomic E-state index is -0.454. The molecule has 124 valence electrons. The summed E-state index contributed by atoms with van der Waals surface area (Å²) >= 11 is 0. The molecule has 0 aliphatic carbocycles. The molecule has 0 radical (unpaired) electrons. The summed E-state index contributed by atoms with van der Waals surface area (Å²) in [5.41, 5.74) is 0.433. The minimum absolute atomic E-state index is 0.177. The molecular formula is C16H27N3O3. The number of hydrogen-bond donors (Lipinski definition) is 1. The van der Waals surface area contributed by atoms with E-state index in [0.717, 1.165) is 43.8 Å². The van der Waals surface area contributed by atoms with Crippen LogP contribution in [-0.4, -0.2) is 40.9 Å². The van der Waals surface area contributed by atoms with Gasteiger partial charge < -0.3 is 19.5 Å². The molecule has 1 aliphatic heterocycles. The smallest absolute Gasteiger partial charge is 0.410 e. The monoisotopic (exact) mass is 309 g/mol. The normalized spacial score (nSPS) is 19.3. The summed E-state index contributed by atoms with van der Waals surface area (Å²) in [5, 5.41) is 7.32. The Morgan fingerprint density at radius 2 is 2.27 bits per heavy atom. The number of aromatic nitrogens is 1. The second-order valence-corrected chi connectivity index (χ2v) is 6.88. The number of piperidine rings is 1. The summed E-state index contributed by atoms with van der Waals surface area (Å²) < 4.78 is 10.6. The molecule has 1 aromatic rings. The highest BCUT2D eigenvalue weighted by molar-refractivity contribution is 5.68. The number of carbonyl (C=O) groups is 1. The predicted octanol–water partition coefficient (Wildman–Crippen LogP) is 2.86. The highest BCUT2D eigenvalue weighted by Crippen LogP contribution is 2.20. The third kappa shape index (κ3) is 5.02. The zero-order valence-corrected chi connectivity index (χ0v) is 14.0. The van der Waals surface area contributed by atoms with Crippen molar-refractivity contribution in [3.8, 4) is 0 Å². The van der Waals surface area contributed by atoms with E-state index in [1.807, 2.05) is 38.7 Å². The van der Waals surface area contributed by atoms with Gasteiger partial charge in [-0.05, 0) is 47.0 Å². The minimum Gasteiger partial charge on any atom is -0.444 e. The van der Waals surface area contributed by atoms with E-state index in [9.17, 15) is 4.79 Å². The molecule has 0 saturated carbocycles. The highest BCUT2D eigenvalue weighted by atomic mass is 16.6. The van der Waals surface area contributed by atoms with E-state index in [1.54, 1.807) is 0 Å². The van der Waals surface area contributed by atoms with Crippen LogP contribution in [0.4, 0.5) is 4.79 Å². The van der Waals surface area contributed by atoms with Gasteiger partial charge in [0.1, 0.15) is 11.4 Å². The van der Waals surface area contributed by atoms with Crippen LogP contribution in [0.2, 0.25) is 0 Å². The van der Waals surface area contributed by atoms with E-state index < -0.39 is 5.60 Å². The predicted molar refractivity (Wildman–Crippen MR) is 83.5 cm³/mol. The van der Waals surface area contributed by atoms with Crippen LogP contribution in [0.1, 0.15) is 51.5 Å². The van der Waals surface area contributed by atoms with Crippen LogP contribution >= 0.6 is 0 Å². The van der Waals surface area contributed by atoms with Crippen molar-refractivity contribution in [2.45, 2.75) is 65.1 Å². The molecule has 2 rings (SSSR count). The maximum Gasteiger partial charge on any atom is 0.410 e. The van der Waals surface area contributed by atoms with E-state index in [-0.39, 0.29) is 12.1 Å². The number of nitrogens with zero attached hydrogens (tertiary/aromatic N) is 2. The third-order valence-electron chi connectivity index (χ3n) is 3.62. The number of ether oxygens (including phenoxy) is 1. The van der Waals surface area contributed by atoms with Crippen LogP contribution in [0.25, 0.3) is 0 Å². The number of amides is 1. The summed E-state index contributed by atoms with van der Waals surface area (Å²) in [6, 6.07) is 2.09. The lowest BCUT2D eigenvalue weighted by molar-refractivity contribution is 0.00992. The third-order valence-corrected chi connectivity index (χ3v) is 3.62. The summed E-state index contributed by atoms with van der Waals surface area (Å²) in [7, 11) is 0. The zero-order chi connectivity index (χ0) is 16.2. The molecule has 1 atom stereocenters. The summed E-state index contributed by atoms with van der Waals surface area (Å²) in [5.74, 6) is 0.810. The second kappa shape index (κ2) is 7.13. The Bertz CT molecular complexity index is 493. The Balaban J connectivity index is 1.85. The van der Waals surface area contributed by atoms with E-state index in [4.69, 9.17) is 9.26 Å². The summed E-state index contributed by atoms with van der Waals surface area (Å²) in [6.45, 7) is 9.73. The maximum absolute atomic E-state index is 12.3. The first-order chi connectivity index (χ1) is 10.3. The van der Waals surface area contributed by atoms with Gasteiger partial charge in [0, 0.05) is 31.7 Å². The van der Waals surface area contributed by atoms with Gasteiger partial charge in [0.15, 0.2) is 0 Å². The Morgan fingerprint density at radius 1 is 1.50 bits per heavy atom. The molecule has 0 spiro atoms. The molecule has 1 unspecified atom stereocenters. The molecule has 1 amide bonds. The van der Waals surface area contributed by atoms with Crippen molar-refractivity contribution < 1.29 is 14.1 Å².